The van der Waals surface area contributed by atoms with E-state index in [2.05, 4.69) is 32.8 Å². The van der Waals surface area contributed by atoms with Crippen LogP contribution < -0.4 is 10.6 Å². The number of likely N-dealkylation sites (tertiary alicyclic amines) is 1. The maximum atomic E-state index is 13.2. The number of carbonyl (C=O) groups excluding carboxylic acids is 5. The van der Waals surface area contributed by atoms with Crippen molar-refractivity contribution in [2.24, 2.45) is 5.92 Å². The molecule has 2 N–H and O–H groups in total. The van der Waals surface area contributed by atoms with Gasteiger partial charge in [0.25, 0.3) is 11.8 Å². The van der Waals surface area contributed by atoms with Gasteiger partial charge in [-0.1, -0.05) is 18.2 Å². The minimum atomic E-state index is -1.07. The minimum Gasteiger partial charge on any atom is -0.324 e. The molecule has 2 fully saturated rings. The predicted octanol–water partition coefficient (Wildman–Crippen LogP) is 0.592. The molecule has 12 heteroatoms. The van der Waals surface area contributed by atoms with Gasteiger partial charge in [0.2, 0.25) is 17.7 Å². The largest absolute Gasteiger partial charge is 0.324 e. The highest BCUT2D eigenvalue weighted by molar-refractivity contribution is 6.26. The lowest BCUT2D eigenvalue weighted by molar-refractivity contribution is -0.136. The van der Waals surface area contributed by atoms with Gasteiger partial charge in [0, 0.05) is 25.6 Å². The number of imide groups is 2. The van der Waals surface area contributed by atoms with Crippen LogP contribution in [0.25, 0.3) is 0 Å². The van der Waals surface area contributed by atoms with E-state index in [1.54, 1.807) is 12.3 Å². The second-order valence-electron chi connectivity index (χ2n) is 9.91. The van der Waals surface area contributed by atoms with Gasteiger partial charge in [-0.05, 0) is 50.4 Å². The number of nitrogens with one attached hydrogen (secondary N) is 2. The Morgan fingerprint density at radius 3 is 2.65 bits per heavy atom. The van der Waals surface area contributed by atoms with Crippen LogP contribution in [0.1, 0.15) is 59.0 Å². The van der Waals surface area contributed by atoms with E-state index in [0.29, 0.717) is 0 Å². The van der Waals surface area contributed by atoms with Crippen LogP contribution in [0.2, 0.25) is 0 Å². The molecule has 37 heavy (non-hydrogen) atoms. The molecule has 0 bridgehead atoms. The van der Waals surface area contributed by atoms with E-state index in [9.17, 15) is 24.0 Å². The first-order valence-electron chi connectivity index (χ1n) is 12.6. The van der Waals surface area contributed by atoms with Crippen molar-refractivity contribution in [3.63, 3.8) is 0 Å². The molecule has 1 unspecified atom stereocenters. The molecule has 3 aliphatic heterocycles. The predicted molar refractivity (Wildman–Crippen MR) is 130 cm³/mol. The normalized spacial score (nSPS) is 20.8. The van der Waals surface area contributed by atoms with Crippen molar-refractivity contribution in [3.05, 3.63) is 41.2 Å². The van der Waals surface area contributed by atoms with Crippen LogP contribution in [0, 0.1) is 5.92 Å². The Hall–Kier alpha value is -3.93. The number of benzene rings is 1. The monoisotopic (exact) mass is 507 g/mol. The van der Waals surface area contributed by atoms with Gasteiger partial charge in [-0.2, -0.15) is 0 Å². The molecule has 0 aliphatic carbocycles. The number of fused-ring (bicyclic) bond motifs is 1. The molecule has 5 rings (SSSR count). The average molecular weight is 508 g/mol. The molecule has 0 radical (unpaired) electrons. The number of amides is 5. The Morgan fingerprint density at radius 2 is 1.89 bits per heavy atom. The van der Waals surface area contributed by atoms with E-state index >= 15 is 0 Å². The lowest BCUT2D eigenvalue weighted by Crippen LogP contribution is -2.54. The summed E-state index contributed by atoms with van der Waals surface area (Å²) in [6.45, 7) is 5.23. The molecule has 5 amide bonds. The Labute approximate surface area is 213 Å². The third-order valence-corrected chi connectivity index (χ3v) is 7.19. The van der Waals surface area contributed by atoms with Crippen molar-refractivity contribution in [2.45, 2.75) is 51.6 Å². The Bertz CT molecular complexity index is 1260. The summed E-state index contributed by atoms with van der Waals surface area (Å²) in [6, 6.07) is 3.49. The highest BCUT2D eigenvalue weighted by Crippen LogP contribution is 2.32. The number of piperidine rings is 2. The summed E-state index contributed by atoms with van der Waals surface area (Å²) in [7, 11) is 0. The summed E-state index contributed by atoms with van der Waals surface area (Å²) < 4.78 is 1.44. The molecule has 194 valence electrons. The zero-order valence-electron chi connectivity index (χ0n) is 20.6. The third kappa shape index (κ3) is 5.15. The van der Waals surface area contributed by atoms with Crippen molar-refractivity contribution in [2.75, 3.05) is 25.0 Å². The van der Waals surface area contributed by atoms with Gasteiger partial charge in [0.15, 0.2) is 0 Å². The third-order valence-electron chi connectivity index (χ3n) is 7.19. The summed E-state index contributed by atoms with van der Waals surface area (Å²) in [4.78, 5) is 66.0. The van der Waals surface area contributed by atoms with Crippen LogP contribution >= 0.6 is 0 Å². The van der Waals surface area contributed by atoms with E-state index in [1.807, 2.05) is 0 Å². The zero-order chi connectivity index (χ0) is 26.1. The standard InChI is InChI=1S/C25H29N7O5/c1-15-7-10-30(11-8-15)12-9-16-13-31(29-28-16)14-21(34)26-18-4-2-3-17-22(18)25(37)32(24(17)36)19-5-6-20(33)27-23(19)35/h2-4,13,15,19H,5-12,14H2,1H3,(H,26,34)(H,27,33,35). The molecule has 4 heterocycles. The zero-order valence-corrected chi connectivity index (χ0v) is 20.6. The maximum Gasteiger partial charge on any atom is 0.264 e. The first-order valence-corrected chi connectivity index (χ1v) is 12.6. The highest BCUT2D eigenvalue weighted by Gasteiger charge is 2.45. The lowest BCUT2D eigenvalue weighted by atomic mass is 9.99. The number of hydrogen-bond donors (Lipinski definition) is 2. The van der Waals surface area contributed by atoms with E-state index in [4.69, 9.17) is 0 Å². The molecular formula is C25H29N7O5. The smallest absolute Gasteiger partial charge is 0.264 e. The van der Waals surface area contributed by atoms with Crippen molar-refractivity contribution >= 4 is 35.2 Å². The number of carbonyl (C=O) groups is 5. The molecule has 2 saturated heterocycles. The van der Waals surface area contributed by atoms with E-state index in [0.717, 1.165) is 42.6 Å². The summed E-state index contributed by atoms with van der Waals surface area (Å²) in [6.07, 6.45) is 4.98. The molecule has 1 atom stereocenters. The molecular weight excluding hydrogens is 478 g/mol. The second-order valence-corrected chi connectivity index (χ2v) is 9.91. The summed E-state index contributed by atoms with van der Waals surface area (Å²) in [5.41, 5.74) is 1.10. The van der Waals surface area contributed by atoms with Crippen LogP contribution in [0.5, 0.6) is 0 Å². The molecule has 1 aromatic carbocycles. The molecule has 3 aliphatic rings. The molecule has 1 aromatic heterocycles. The SMILES string of the molecule is CC1CCN(CCc2cn(CC(=O)Nc3cccc4c3C(=O)N(C3CCC(=O)NC3=O)C4=O)nn2)CC1. The van der Waals surface area contributed by atoms with Crippen LogP contribution in [-0.2, 0) is 27.3 Å². The fraction of sp³-hybridized carbons (Fsp3) is 0.480. The second kappa shape index (κ2) is 10.2. The van der Waals surface area contributed by atoms with Gasteiger partial charge in [0.05, 0.1) is 22.5 Å². The van der Waals surface area contributed by atoms with Gasteiger partial charge < -0.3 is 10.2 Å². The number of anilines is 1. The van der Waals surface area contributed by atoms with Crippen molar-refractivity contribution in [3.8, 4) is 0 Å². The van der Waals surface area contributed by atoms with Crippen LogP contribution in [0.4, 0.5) is 5.69 Å². The van der Waals surface area contributed by atoms with Gasteiger partial charge in [0.1, 0.15) is 12.6 Å². The maximum absolute atomic E-state index is 13.2. The first-order chi connectivity index (χ1) is 17.8. The molecule has 0 spiro atoms. The lowest BCUT2D eigenvalue weighted by Gasteiger charge is -2.29. The highest BCUT2D eigenvalue weighted by atomic mass is 16.2. The fourth-order valence-corrected chi connectivity index (χ4v) is 5.04. The molecule has 0 saturated carbocycles. The van der Waals surface area contributed by atoms with E-state index < -0.39 is 35.6 Å². The van der Waals surface area contributed by atoms with Crippen molar-refractivity contribution < 1.29 is 24.0 Å². The van der Waals surface area contributed by atoms with Crippen molar-refractivity contribution in [1.82, 2.24) is 30.1 Å². The number of aromatic nitrogens is 3. The Balaban J connectivity index is 1.22. The van der Waals surface area contributed by atoms with Crippen LogP contribution in [0.3, 0.4) is 0 Å². The summed E-state index contributed by atoms with van der Waals surface area (Å²) in [5.74, 6) is -2.10. The molecule has 2 aromatic rings. The van der Waals surface area contributed by atoms with Crippen molar-refractivity contribution in [1.29, 1.82) is 0 Å². The topological polar surface area (TPSA) is 147 Å². The quantitative estimate of drug-likeness (QED) is 0.518. The summed E-state index contributed by atoms with van der Waals surface area (Å²) >= 11 is 0. The van der Waals surface area contributed by atoms with Gasteiger partial charge >= 0.3 is 0 Å². The van der Waals surface area contributed by atoms with E-state index in [1.165, 1.54) is 29.7 Å². The van der Waals surface area contributed by atoms with Crippen LogP contribution in [0.15, 0.2) is 24.4 Å². The Kier molecular flexibility index (Phi) is 6.83. The first kappa shape index (κ1) is 24.8. The average Bonchev–Trinajstić information content (AvgIpc) is 3.41. The van der Waals surface area contributed by atoms with E-state index in [-0.39, 0.29) is 36.2 Å². The summed E-state index contributed by atoms with van der Waals surface area (Å²) in [5, 5.41) is 13.1. The van der Waals surface area contributed by atoms with Crippen LogP contribution in [-0.4, -0.2) is 80.0 Å². The molecule has 12 nitrogen and oxygen atoms in total. The fourth-order valence-electron chi connectivity index (χ4n) is 5.04. The van der Waals surface area contributed by atoms with Gasteiger partial charge in [-0.3, -0.25) is 34.2 Å². The van der Waals surface area contributed by atoms with Gasteiger partial charge in [-0.15, -0.1) is 5.10 Å². The Morgan fingerprint density at radius 1 is 1.11 bits per heavy atom. The number of hydrogen-bond acceptors (Lipinski definition) is 8. The minimum absolute atomic E-state index is 0.0284. The number of nitrogens with zero attached hydrogens (tertiary/aromatic N) is 5. The van der Waals surface area contributed by atoms with Gasteiger partial charge in [-0.25, -0.2) is 4.68 Å². The number of rotatable bonds is 7.